The van der Waals surface area contributed by atoms with Crippen molar-refractivity contribution in [3.8, 4) is 0 Å². The molecule has 0 unspecified atom stereocenters. The van der Waals surface area contributed by atoms with Gasteiger partial charge in [-0.15, -0.1) is 0 Å². The van der Waals surface area contributed by atoms with Crippen molar-refractivity contribution in [3.63, 3.8) is 0 Å². The van der Waals surface area contributed by atoms with Crippen molar-refractivity contribution in [1.82, 2.24) is 0 Å². The zero-order valence-electron chi connectivity index (χ0n) is 6.40. The van der Waals surface area contributed by atoms with E-state index in [1.807, 2.05) is 0 Å². The van der Waals surface area contributed by atoms with Crippen LogP contribution >= 0.6 is 24.2 Å². The first-order valence-corrected chi connectivity index (χ1v) is 4.42. The van der Waals surface area contributed by atoms with Crippen molar-refractivity contribution in [3.05, 3.63) is 34.3 Å². The summed E-state index contributed by atoms with van der Waals surface area (Å²) in [6.07, 6.45) is -4.34. The Morgan fingerprint density at radius 2 is 1.85 bits per heavy atom. The number of thiol groups is 1. The summed E-state index contributed by atoms with van der Waals surface area (Å²) < 4.78 is 36.6. The number of rotatable bonds is 1. The third-order valence-electron chi connectivity index (χ3n) is 1.47. The predicted octanol–water partition coefficient (Wildman–Crippen LogP) is 3.79. The van der Waals surface area contributed by atoms with Gasteiger partial charge in [0.1, 0.15) is 0 Å². The molecule has 1 aromatic rings. The summed E-state index contributed by atoms with van der Waals surface area (Å²) in [6.45, 7) is 0. The van der Waals surface area contributed by atoms with E-state index in [0.717, 1.165) is 12.1 Å². The number of hydrogen-bond acceptors (Lipinski definition) is 1. The lowest BCUT2D eigenvalue weighted by Gasteiger charge is -2.08. The summed E-state index contributed by atoms with van der Waals surface area (Å²) in [7, 11) is 0. The minimum atomic E-state index is -4.34. The fourth-order valence-corrected chi connectivity index (χ4v) is 1.35. The average molecular weight is 227 g/mol. The first-order valence-electron chi connectivity index (χ1n) is 3.41. The first kappa shape index (κ1) is 10.7. The number of alkyl halides is 3. The SMILES string of the molecule is FC(F)(F)c1cc(Cl)cc(CS)c1. The molecule has 5 heteroatoms. The van der Waals surface area contributed by atoms with Crippen LogP contribution in [0.3, 0.4) is 0 Å². The van der Waals surface area contributed by atoms with E-state index < -0.39 is 11.7 Å². The molecule has 13 heavy (non-hydrogen) atoms. The van der Waals surface area contributed by atoms with E-state index in [0.29, 0.717) is 5.56 Å². The van der Waals surface area contributed by atoms with Crippen molar-refractivity contribution >= 4 is 24.2 Å². The summed E-state index contributed by atoms with van der Waals surface area (Å²) >= 11 is 9.38. The highest BCUT2D eigenvalue weighted by atomic mass is 35.5. The molecule has 0 radical (unpaired) electrons. The lowest BCUT2D eigenvalue weighted by atomic mass is 10.1. The van der Waals surface area contributed by atoms with Crippen LogP contribution in [0.2, 0.25) is 5.02 Å². The molecule has 0 fully saturated rings. The van der Waals surface area contributed by atoms with E-state index in [9.17, 15) is 13.2 Å². The molecule has 0 saturated heterocycles. The molecule has 0 heterocycles. The van der Waals surface area contributed by atoms with Gasteiger partial charge in [-0.3, -0.25) is 0 Å². The minimum absolute atomic E-state index is 0.0823. The maximum absolute atomic E-state index is 12.2. The average Bonchev–Trinajstić information content (AvgIpc) is 2.01. The molecule has 0 aliphatic carbocycles. The van der Waals surface area contributed by atoms with Gasteiger partial charge < -0.3 is 0 Å². The monoisotopic (exact) mass is 226 g/mol. The zero-order chi connectivity index (χ0) is 10.1. The van der Waals surface area contributed by atoms with Gasteiger partial charge in [0.25, 0.3) is 0 Å². The molecule has 0 amide bonds. The smallest absolute Gasteiger partial charge is 0.175 e. The van der Waals surface area contributed by atoms with Gasteiger partial charge in [-0.25, -0.2) is 0 Å². The van der Waals surface area contributed by atoms with E-state index in [1.54, 1.807) is 0 Å². The summed E-state index contributed by atoms with van der Waals surface area (Å²) in [6, 6.07) is 3.40. The Kier molecular flexibility index (Phi) is 3.14. The van der Waals surface area contributed by atoms with E-state index in [2.05, 4.69) is 12.6 Å². The summed E-state index contributed by atoms with van der Waals surface area (Å²) in [5.41, 5.74) is -0.271. The molecular weight excluding hydrogens is 221 g/mol. The number of halogens is 4. The molecule has 0 atom stereocenters. The van der Waals surface area contributed by atoms with Gasteiger partial charge in [0.2, 0.25) is 0 Å². The zero-order valence-corrected chi connectivity index (χ0v) is 8.05. The molecule has 0 aliphatic rings. The normalized spacial score (nSPS) is 11.8. The summed E-state index contributed by atoms with van der Waals surface area (Å²) in [4.78, 5) is 0. The lowest BCUT2D eigenvalue weighted by Crippen LogP contribution is -2.05. The Labute approximate surface area is 84.1 Å². The van der Waals surface area contributed by atoms with Crippen molar-refractivity contribution in [2.75, 3.05) is 0 Å². The Hall–Kier alpha value is -0.350. The van der Waals surface area contributed by atoms with Crippen molar-refractivity contribution in [1.29, 1.82) is 0 Å². The quantitative estimate of drug-likeness (QED) is 0.692. The van der Waals surface area contributed by atoms with Crippen LogP contribution in [0, 0.1) is 0 Å². The third kappa shape index (κ3) is 2.81. The maximum Gasteiger partial charge on any atom is 0.416 e. The fourth-order valence-electron chi connectivity index (χ4n) is 0.905. The standard InChI is InChI=1S/C8H6ClF3S/c9-7-2-5(4-13)1-6(3-7)8(10,11)12/h1-3,13H,4H2. The molecule has 0 bridgehead atoms. The van der Waals surface area contributed by atoms with E-state index >= 15 is 0 Å². The number of benzene rings is 1. The maximum atomic E-state index is 12.2. The minimum Gasteiger partial charge on any atom is -0.175 e. The van der Waals surface area contributed by atoms with E-state index in [4.69, 9.17) is 11.6 Å². The van der Waals surface area contributed by atoms with E-state index in [1.165, 1.54) is 6.07 Å². The van der Waals surface area contributed by atoms with Gasteiger partial charge in [-0.1, -0.05) is 11.6 Å². The Morgan fingerprint density at radius 3 is 2.31 bits per heavy atom. The van der Waals surface area contributed by atoms with Crippen LogP contribution in [0.15, 0.2) is 18.2 Å². The molecule has 0 N–H and O–H groups in total. The molecule has 0 nitrogen and oxygen atoms in total. The molecule has 0 saturated carbocycles. The summed E-state index contributed by atoms with van der Waals surface area (Å²) in [5, 5.41) is 0.0823. The second-order valence-corrected chi connectivity index (χ2v) is 3.26. The van der Waals surface area contributed by atoms with Crippen LogP contribution in [0.4, 0.5) is 13.2 Å². The van der Waals surface area contributed by atoms with Crippen LogP contribution in [0.5, 0.6) is 0 Å². The van der Waals surface area contributed by atoms with Gasteiger partial charge in [0, 0.05) is 10.8 Å². The fraction of sp³-hybridized carbons (Fsp3) is 0.250. The molecule has 1 rings (SSSR count). The van der Waals surface area contributed by atoms with Gasteiger partial charge in [0.05, 0.1) is 5.56 Å². The van der Waals surface area contributed by atoms with E-state index in [-0.39, 0.29) is 10.8 Å². The highest BCUT2D eigenvalue weighted by molar-refractivity contribution is 7.79. The predicted molar refractivity (Wildman–Crippen MR) is 49.1 cm³/mol. The largest absolute Gasteiger partial charge is 0.416 e. The third-order valence-corrected chi connectivity index (χ3v) is 2.05. The lowest BCUT2D eigenvalue weighted by molar-refractivity contribution is -0.137. The molecule has 0 aromatic heterocycles. The van der Waals surface area contributed by atoms with Crippen LogP contribution in [0.1, 0.15) is 11.1 Å². The topological polar surface area (TPSA) is 0 Å². The molecule has 0 spiro atoms. The molecular formula is C8H6ClF3S. The first-order chi connectivity index (χ1) is 5.93. The Bertz CT molecular complexity index is 309. The highest BCUT2D eigenvalue weighted by Gasteiger charge is 2.30. The van der Waals surface area contributed by atoms with Gasteiger partial charge in [-0.2, -0.15) is 25.8 Å². The van der Waals surface area contributed by atoms with Gasteiger partial charge in [0.15, 0.2) is 0 Å². The Morgan fingerprint density at radius 1 is 1.23 bits per heavy atom. The molecule has 72 valence electrons. The van der Waals surface area contributed by atoms with Crippen LogP contribution in [0.25, 0.3) is 0 Å². The van der Waals surface area contributed by atoms with Crippen molar-refractivity contribution in [2.24, 2.45) is 0 Å². The van der Waals surface area contributed by atoms with Crippen LogP contribution in [-0.2, 0) is 11.9 Å². The van der Waals surface area contributed by atoms with Crippen LogP contribution < -0.4 is 0 Å². The number of hydrogen-bond donors (Lipinski definition) is 1. The van der Waals surface area contributed by atoms with Crippen molar-refractivity contribution in [2.45, 2.75) is 11.9 Å². The van der Waals surface area contributed by atoms with Gasteiger partial charge >= 0.3 is 6.18 Å². The second-order valence-electron chi connectivity index (χ2n) is 2.50. The Balaban J connectivity index is 3.16. The second kappa shape index (κ2) is 3.80. The molecule has 1 aromatic carbocycles. The van der Waals surface area contributed by atoms with Crippen molar-refractivity contribution < 1.29 is 13.2 Å². The van der Waals surface area contributed by atoms with Crippen LogP contribution in [-0.4, -0.2) is 0 Å². The molecule has 0 aliphatic heterocycles. The van der Waals surface area contributed by atoms with Gasteiger partial charge in [-0.05, 0) is 23.8 Å². The highest BCUT2D eigenvalue weighted by Crippen LogP contribution is 2.32. The summed E-state index contributed by atoms with van der Waals surface area (Å²) in [5.74, 6) is 0.240.